The van der Waals surface area contributed by atoms with Gasteiger partial charge in [0.15, 0.2) is 0 Å². The van der Waals surface area contributed by atoms with Crippen LogP contribution in [0.15, 0.2) is 24.5 Å². The highest BCUT2D eigenvalue weighted by Gasteiger charge is 2.06. The summed E-state index contributed by atoms with van der Waals surface area (Å²) in [5.41, 5.74) is 4.01. The monoisotopic (exact) mass is 203 g/mol. The van der Waals surface area contributed by atoms with E-state index in [1.54, 1.807) is 6.20 Å². The van der Waals surface area contributed by atoms with Crippen molar-refractivity contribution in [1.82, 2.24) is 10.4 Å². The maximum absolute atomic E-state index is 5.48. The smallest absolute Gasteiger partial charge is 0.0300 e. The third-order valence-electron chi connectivity index (χ3n) is 2.31. The van der Waals surface area contributed by atoms with E-state index < -0.39 is 0 Å². The number of pyridine rings is 1. The normalized spacial score (nSPS) is 12.0. The van der Waals surface area contributed by atoms with Crippen LogP contribution in [0.25, 0.3) is 0 Å². The second kappa shape index (κ2) is 6.99. The molecule has 0 saturated carbocycles. The van der Waals surface area contributed by atoms with Gasteiger partial charge in [0.05, 0.1) is 0 Å². The van der Waals surface area contributed by atoms with Crippen molar-refractivity contribution in [2.75, 3.05) is 0 Å². The maximum Gasteiger partial charge on any atom is 0.0300 e. The van der Waals surface area contributed by atoms with E-state index in [-0.39, 0.29) is 6.04 Å². The number of aromatic nitrogens is 1. The average molecular weight is 203 g/mol. The van der Waals surface area contributed by atoms with Gasteiger partial charge in [-0.1, -0.05) is 6.07 Å². The minimum absolute atomic E-state index is 0.280. The summed E-state index contributed by atoms with van der Waals surface area (Å²) in [6.45, 7) is 0. The Kier molecular flexibility index (Phi) is 5.46. The first-order chi connectivity index (χ1) is 7.36. The molecule has 1 aromatic rings. The molecule has 3 heteroatoms. The highest BCUT2D eigenvalue weighted by molar-refractivity contribution is 5.10. The van der Waals surface area contributed by atoms with Gasteiger partial charge in [0, 0.05) is 24.9 Å². The quantitative estimate of drug-likeness (QED) is 0.317. The molecule has 80 valence electrons. The number of nitrogens with two attached hydrogens (primary N) is 1. The van der Waals surface area contributed by atoms with Crippen LogP contribution in [0.4, 0.5) is 0 Å². The molecular weight excluding hydrogens is 186 g/mol. The fourth-order valence-electron chi connectivity index (χ4n) is 1.50. The molecule has 15 heavy (non-hydrogen) atoms. The molecule has 0 radical (unpaired) electrons. The molecule has 3 N–H and O–H groups in total. The zero-order valence-corrected chi connectivity index (χ0v) is 8.82. The molecule has 0 aliphatic rings. The van der Waals surface area contributed by atoms with Crippen molar-refractivity contribution in [3.8, 4) is 12.3 Å². The van der Waals surface area contributed by atoms with Crippen LogP contribution in [-0.2, 0) is 6.42 Å². The van der Waals surface area contributed by atoms with E-state index in [2.05, 4.69) is 22.4 Å². The Morgan fingerprint density at radius 2 is 2.47 bits per heavy atom. The number of rotatable bonds is 6. The number of hydrogen-bond acceptors (Lipinski definition) is 3. The van der Waals surface area contributed by atoms with Gasteiger partial charge in [0.2, 0.25) is 0 Å². The maximum atomic E-state index is 5.48. The molecule has 1 aromatic heterocycles. The summed E-state index contributed by atoms with van der Waals surface area (Å²) in [4.78, 5) is 4.07. The lowest BCUT2D eigenvalue weighted by Crippen LogP contribution is -2.36. The zero-order valence-electron chi connectivity index (χ0n) is 8.82. The van der Waals surface area contributed by atoms with Crippen LogP contribution in [0.1, 0.15) is 24.8 Å². The van der Waals surface area contributed by atoms with E-state index in [1.807, 2.05) is 12.3 Å². The molecule has 0 aliphatic carbocycles. The van der Waals surface area contributed by atoms with Crippen LogP contribution >= 0.6 is 0 Å². The van der Waals surface area contributed by atoms with Crippen LogP contribution in [-0.4, -0.2) is 11.0 Å². The molecule has 0 aromatic carbocycles. The van der Waals surface area contributed by atoms with Gasteiger partial charge in [-0.15, -0.1) is 12.3 Å². The van der Waals surface area contributed by atoms with Crippen molar-refractivity contribution < 1.29 is 0 Å². The SMILES string of the molecule is C#CCCCC(Cc1cccnc1)NN. The van der Waals surface area contributed by atoms with Crippen molar-refractivity contribution in [1.29, 1.82) is 0 Å². The number of terminal acetylenes is 1. The van der Waals surface area contributed by atoms with Crippen LogP contribution in [0.5, 0.6) is 0 Å². The van der Waals surface area contributed by atoms with Crippen molar-refractivity contribution in [3.05, 3.63) is 30.1 Å². The number of hydrazine groups is 1. The molecule has 0 aliphatic heterocycles. The van der Waals surface area contributed by atoms with Gasteiger partial charge in [-0.05, 0) is 30.9 Å². The van der Waals surface area contributed by atoms with Gasteiger partial charge in [-0.25, -0.2) is 0 Å². The number of hydrogen-bond donors (Lipinski definition) is 2. The van der Waals surface area contributed by atoms with E-state index in [9.17, 15) is 0 Å². The van der Waals surface area contributed by atoms with Gasteiger partial charge < -0.3 is 0 Å². The van der Waals surface area contributed by atoms with Crippen LogP contribution < -0.4 is 11.3 Å². The highest BCUT2D eigenvalue weighted by atomic mass is 15.2. The third-order valence-corrected chi connectivity index (χ3v) is 2.31. The van der Waals surface area contributed by atoms with Gasteiger partial charge >= 0.3 is 0 Å². The van der Waals surface area contributed by atoms with Gasteiger partial charge in [0.25, 0.3) is 0 Å². The Hall–Kier alpha value is -1.37. The van der Waals surface area contributed by atoms with Crippen molar-refractivity contribution in [2.24, 2.45) is 5.84 Å². The average Bonchev–Trinajstić information content (AvgIpc) is 2.29. The topological polar surface area (TPSA) is 50.9 Å². The first-order valence-electron chi connectivity index (χ1n) is 5.15. The van der Waals surface area contributed by atoms with Crippen LogP contribution in [0.2, 0.25) is 0 Å². The molecule has 0 fully saturated rings. The Morgan fingerprint density at radius 3 is 3.07 bits per heavy atom. The van der Waals surface area contributed by atoms with E-state index in [4.69, 9.17) is 12.3 Å². The summed E-state index contributed by atoms with van der Waals surface area (Å²) < 4.78 is 0. The summed E-state index contributed by atoms with van der Waals surface area (Å²) >= 11 is 0. The minimum atomic E-state index is 0.280. The van der Waals surface area contributed by atoms with Crippen molar-refractivity contribution in [2.45, 2.75) is 31.7 Å². The predicted octanol–water partition coefficient (Wildman–Crippen LogP) is 1.26. The summed E-state index contributed by atoms with van der Waals surface area (Å²) in [6.07, 6.45) is 12.5. The van der Waals surface area contributed by atoms with Gasteiger partial charge in [-0.3, -0.25) is 16.3 Å². The Bertz CT molecular complexity index is 302. The molecule has 1 unspecified atom stereocenters. The van der Waals surface area contributed by atoms with Crippen LogP contribution in [0.3, 0.4) is 0 Å². The zero-order chi connectivity index (χ0) is 10.9. The lowest BCUT2D eigenvalue weighted by molar-refractivity contribution is 0.479. The minimum Gasteiger partial charge on any atom is -0.271 e. The second-order valence-electron chi connectivity index (χ2n) is 3.53. The molecule has 0 bridgehead atoms. The molecule has 1 rings (SSSR count). The summed E-state index contributed by atoms with van der Waals surface area (Å²) in [5, 5.41) is 0. The number of unbranched alkanes of at least 4 members (excludes halogenated alkanes) is 1. The Morgan fingerprint density at radius 1 is 1.60 bits per heavy atom. The van der Waals surface area contributed by atoms with E-state index >= 15 is 0 Å². The number of nitrogens with zero attached hydrogens (tertiary/aromatic N) is 1. The molecule has 0 amide bonds. The first-order valence-corrected chi connectivity index (χ1v) is 5.15. The van der Waals surface area contributed by atoms with E-state index in [0.717, 1.165) is 25.7 Å². The molecular formula is C12H17N3. The van der Waals surface area contributed by atoms with E-state index in [1.165, 1.54) is 5.56 Å². The van der Waals surface area contributed by atoms with Crippen molar-refractivity contribution in [3.63, 3.8) is 0 Å². The van der Waals surface area contributed by atoms with E-state index in [0.29, 0.717) is 0 Å². The second-order valence-corrected chi connectivity index (χ2v) is 3.53. The fraction of sp³-hybridized carbons (Fsp3) is 0.417. The van der Waals surface area contributed by atoms with Gasteiger partial charge in [0.1, 0.15) is 0 Å². The third kappa shape index (κ3) is 4.59. The van der Waals surface area contributed by atoms with Crippen molar-refractivity contribution >= 4 is 0 Å². The number of nitrogens with one attached hydrogen (secondary N) is 1. The Balaban J connectivity index is 2.37. The lowest BCUT2D eigenvalue weighted by Gasteiger charge is -2.14. The summed E-state index contributed by atoms with van der Waals surface area (Å²) in [7, 11) is 0. The molecule has 0 saturated heterocycles. The molecule has 3 nitrogen and oxygen atoms in total. The predicted molar refractivity (Wildman–Crippen MR) is 61.7 cm³/mol. The first kappa shape index (κ1) is 11.7. The van der Waals surface area contributed by atoms with Crippen LogP contribution in [0, 0.1) is 12.3 Å². The standard InChI is InChI=1S/C12H17N3/c1-2-3-4-7-12(15-13)9-11-6-5-8-14-10-11/h1,5-6,8,10,12,15H,3-4,7,9,13H2. The fourth-order valence-corrected chi connectivity index (χ4v) is 1.50. The molecule has 0 spiro atoms. The largest absolute Gasteiger partial charge is 0.271 e. The van der Waals surface area contributed by atoms with Gasteiger partial charge in [-0.2, -0.15) is 0 Å². The summed E-state index contributed by atoms with van der Waals surface area (Å²) in [6, 6.07) is 4.27. The molecule has 1 atom stereocenters. The Labute approximate surface area is 91.1 Å². The highest BCUT2D eigenvalue weighted by Crippen LogP contribution is 2.06. The summed E-state index contributed by atoms with van der Waals surface area (Å²) in [5.74, 6) is 8.11. The lowest BCUT2D eigenvalue weighted by atomic mass is 10.0. The molecule has 1 heterocycles.